The van der Waals surface area contributed by atoms with Gasteiger partial charge in [-0.2, -0.15) is 15.0 Å². The molecule has 1 amide bonds. The van der Waals surface area contributed by atoms with E-state index in [0.717, 1.165) is 18.4 Å². The highest BCUT2D eigenvalue weighted by atomic mass is 35.5. The smallest absolute Gasteiger partial charge is 0.244 e. The predicted octanol–water partition coefficient (Wildman–Crippen LogP) is 6.38. The summed E-state index contributed by atoms with van der Waals surface area (Å²) in [7, 11) is 0. The Morgan fingerprint density at radius 1 is 0.939 bits per heavy atom. The van der Waals surface area contributed by atoms with Crippen LogP contribution in [0.4, 0.5) is 0 Å². The van der Waals surface area contributed by atoms with Crippen LogP contribution in [0.5, 0.6) is 0 Å². The third-order valence-electron chi connectivity index (χ3n) is 5.71. The van der Waals surface area contributed by atoms with Gasteiger partial charge >= 0.3 is 0 Å². The average molecular weight is 498 g/mol. The van der Waals surface area contributed by atoms with Crippen molar-refractivity contribution in [2.24, 2.45) is 0 Å². The number of aryl methyl sites for hydroxylation is 1. The highest BCUT2D eigenvalue weighted by Gasteiger charge is 2.24. The molecule has 4 aromatic rings. The van der Waals surface area contributed by atoms with Crippen molar-refractivity contribution >= 4 is 40.7 Å². The van der Waals surface area contributed by atoms with Crippen LogP contribution in [-0.4, -0.2) is 20.9 Å². The predicted molar refractivity (Wildman–Crippen MR) is 132 cm³/mol. The fourth-order valence-corrected chi connectivity index (χ4v) is 4.78. The lowest BCUT2D eigenvalue weighted by Gasteiger charge is -2.13. The first-order valence-corrected chi connectivity index (χ1v) is 11.6. The fraction of sp³-hybridized carbons (Fsp3) is 0.160. The molecule has 1 aromatic heterocycles. The van der Waals surface area contributed by atoms with Gasteiger partial charge in [0.05, 0.1) is 11.1 Å². The summed E-state index contributed by atoms with van der Waals surface area (Å²) in [4.78, 5) is 14.3. The van der Waals surface area contributed by atoms with Crippen LogP contribution in [0.15, 0.2) is 66.7 Å². The summed E-state index contributed by atoms with van der Waals surface area (Å²) >= 11 is 18.6. The van der Waals surface area contributed by atoms with E-state index in [4.69, 9.17) is 34.8 Å². The van der Waals surface area contributed by atoms with Crippen LogP contribution in [0, 0.1) is 0 Å². The first-order valence-electron chi connectivity index (χ1n) is 10.5. The van der Waals surface area contributed by atoms with E-state index in [1.54, 1.807) is 30.3 Å². The number of amides is 1. The molecule has 1 atom stereocenters. The van der Waals surface area contributed by atoms with Crippen LogP contribution in [0.3, 0.4) is 0 Å². The normalized spacial score (nSPS) is 14.8. The maximum absolute atomic E-state index is 12.9. The number of carbonyl (C=O) groups is 1. The van der Waals surface area contributed by atoms with Crippen LogP contribution in [0.25, 0.3) is 22.5 Å². The summed E-state index contributed by atoms with van der Waals surface area (Å²) in [5.74, 6) is -0.150. The molecule has 0 fully saturated rings. The molecule has 1 N–H and O–H groups in total. The summed E-state index contributed by atoms with van der Waals surface area (Å²) in [5.41, 5.74) is 5.13. The van der Waals surface area contributed by atoms with Crippen molar-refractivity contribution in [2.45, 2.75) is 25.4 Å². The van der Waals surface area contributed by atoms with E-state index < -0.39 is 0 Å². The number of fused-ring (bicyclic) bond motifs is 1. The average Bonchev–Trinajstić information content (AvgIpc) is 3.39. The Kier molecular flexibility index (Phi) is 6.11. The zero-order valence-corrected chi connectivity index (χ0v) is 19.7. The molecule has 0 bridgehead atoms. The summed E-state index contributed by atoms with van der Waals surface area (Å²) in [6, 6.07) is 20.7. The number of halogens is 3. The monoisotopic (exact) mass is 496 g/mol. The Bertz CT molecular complexity index is 1330. The van der Waals surface area contributed by atoms with Gasteiger partial charge in [-0.25, -0.2) is 0 Å². The standard InChI is InChI=1S/C25H19Cl3N4O/c26-17-8-5-16(6-9-17)24-25(20-11-10-18(27)13-21(20)28)31-32(30-24)14-23(33)29-22-12-7-15-3-1-2-4-19(15)22/h1-6,8-11,13,22H,7,12,14H2,(H,29,33). The molecule has 33 heavy (non-hydrogen) atoms. The molecule has 3 aromatic carbocycles. The van der Waals surface area contributed by atoms with Crippen LogP contribution >= 0.6 is 34.8 Å². The molecule has 1 aliphatic rings. The minimum Gasteiger partial charge on any atom is -0.348 e. The Hall–Kier alpha value is -2.86. The first kappa shape index (κ1) is 22.0. The van der Waals surface area contributed by atoms with Crippen LogP contribution in [-0.2, 0) is 17.8 Å². The van der Waals surface area contributed by atoms with Gasteiger partial charge in [0, 0.05) is 21.2 Å². The maximum atomic E-state index is 12.9. The van der Waals surface area contributed by atoms with E-state index in [1.165, 1.54) is 15.9 Å². The second kappa shape index (κ2) is 9.18. The number of nitrogens with zero attached hydrogens (tertiary/aromatic N) is 3. The molecule has 166 valence electrons. The van der Waals surface area contributed by atoms with Crippen molar-refractivity contribution in [2.75, 3.05) is 0 Å². The summed E-state index contributed by atoms with van der Waals surface area (Å²) in [5, 5.41) is 14.0. The topological polar surface area (TPSA) is 59.8 Å². The molecule has 5 nitrogen and oxygen atoms in total. The molecule has 5 rings (SSSR count). The molecule has 1 aliphatic carbocycles. The van der Waals surface area contributed by atoms with E-state index in [0.29, 0.717) is 32.0 Å². The number of aromatic nitrogens is 3. The van der Waals surface area contributed by atoms with Crippen molar-refractivity contribution < 1.29 is 4.79 Å². The largest absolute Gasteiger partial charge is 0.348 e. The lowest BCUT2D eigenvalue weighted by molar-refractivity contribution is -0.122. The van der Waals surface area contributed by atoms with E-state index >= 15 is 0 Å². The van der Waals surface area contributed by atoms with Crippen molar-refractivity contribution in [3.63, 3.8) is 0 Å². The zero-order valence-electron chi connectivity index (χ0n) is 17.4. The van der Waals surface area contributed by atoms with Gasteiger partial charge in [-0.1, -0.05) is 71.2 Å². The molecule has 0 saturated heterocycles. The van der Waals surface area contributed by atoms with Gasteiger partial charge in [0.1, 0.15) is 17.9 Å². The number of carbonyl (C=O) groups excluding carboxylic acids is 1. The van der Waals surface area contributed by atoms with Crippen LogP contribution < -0.4 is 5.32 Å². The molecule has 1 unspecified atom stereocenters. The van der Waals surface area contributed by atoms with E-state index in [-0.39, 0.29) is 18.5 Å². The Labute approximate surface area is 206 Å². The highest BCUT2D eigenvalue weighted by molar-refractivity contribution is 6.36. The van der Waals surface area contributed by atoms with Crippen molar-refractivity contribution in [3.05, 3.63) is 92.9 Å². The molecule has 0 radical (unpaired) electrons. The van der Waals surface area contributed by atoms with Gasteiger partial charge in [0.2, 0.25) is 5.91 Å². The van der Waals surface area contributed by atoms with E-state index in [1.807, 2.05) is 24.3 Å². The Balaban J connectivity index is 1.44. The van der Waals surface area contributed by atoms with Gasteiger partial charge in [-0.05, 0) is 54.3 Å². The van der Waals surface area contributed by atoms with E-state index in [9.17, 15) is 4.79 Å². The maximum Gasteiger partial charge on any atom is 0.244 e. The minimum atomic E-state index is -0.150. The van der Waals surface area contributed by atoms with Gasteiger partial charge < -0.3 is 5.32 Å². The fourth-order valence-electron chi connectivity index (χ4n) is 4.16. The number of hydrogen-bond acceptors (Lipinski definition) is 3. The molecular formula is C25H19Cl3N4O. The summed E-state index contributed by atoms with van der Waals surface area (Å²) < 4.78 is 0. The summed E-state index contributed by atoms with van der Waals surface area (Å²) in [6.45, 7) is -0.00946. The third kappa shape index (κ3) is 4.62. The molecule has 0 spiro atoms. The molecule has 1 heterocycles. The van der Waals surface area contributed by atoms with Gasteiger partial charge in [-0.3, -0.25) is 4.79 Å². The van der Waals surface area contributed by atoms with Gasteiger partial charge in [0.15, 0.2) is 0 Å². The number of nitrogens with one attached hydrogen (secondary N) is 1. The van der Waals surface area contributed by atoms with Gasteiger partial charge in [0.25, 0.3) is 0 Å². The lowest BCUT2D eigenvalue weighted by atomic mass is 10.1. The van der Waals surface area contributed by atoms with E-state index in [2.05, 4.69) is 27.6 Å². The molecule has 0 saturated carbocycles. The quantitative estimate of drug-likeness (QED) is 0.348. The van der Waals surface area contributed by atoms with Crippen molar-refractivity contribution in [1.29, 1.82) is 0 Å². The second-order valence-electron chi connectivity index (χ2n) is 7.92. The summed E-state index contributed by atoms with van der Waals surface area (Å²) in [6.07, 6.45) is 1.85. The lowest BCUT2D eigenvalue weighted by Crippen LogP contribution is -2.31. The second-order valence-corrected chi connectivity index (χ2v) is 9.20. The first-order chi connectivity index (χ1) is 16.0. The number of rotatable bonds is 5. The Morgan fingerprint density at radius 2 is 1.67 bits per heavy atom. The molecule has 0 aliphatic heterocycles. The molecular weight excluding hydrogens is 479 g/mol. The molecule has 8 heteroatoms. The minimum absolute atomic E-state index is 0.00479. The SMILES string of the molecule is O=C(Cn1nc(-c2ccc(Cl)cc2)c(-c2ccc(Cl)cc2Cl)n1)NC1CCc2ccccc21. The number of benzene rings is 3. The third-order valence-corrected chi connectivity index (χ3v) is 6.51. The van der Waals surface area contributed by atoms with Crippen LogP contribution in [0.2, 0.25) is 15.1 Å². The van der Waals surface area contributed by atoms with Crippen LogP contribution in [0.1, 0.15) is 23.6 Å². The van der Waals surface area contributed by atoms with Gasteiger partial charge in [-0.15, -0.1) is 0 Å². The van der Waals surface area contributed by atoms with Crippen molar-refractivity contribution in [3.8, 4) is 22.5 Å². The Morgan fingerprint density at radius 3 is 2.45 bits per heavy atom. The van der Waals surface area contributed by atoms with Crippen molar-refractivity contribution in [1.82, 2.24) is 20.3 Å². The zero-order chi connectivity index (χ0) is 22.9. The highest BCUT2D eigenvalue weighted by Crippen LogP contribution is 2.35. The number of hydrogen-bond donors (Lipinski definition) is 1.